The van der Waals surface area contributed by atoms with Crippen LogP contribution in [0, 0.1) is 5.92 Å². The fourth-order valence-corrected chi connectivity index (χ4v) is 2.92. The number of carbonyl (C=O) groups is 1. The fourth-order valence-electron chi connectivity index (χ4n) is 2.92. The van der Waals surface area contributed by atoms with E-state index in [1.54, 1.807) is 0 Å². The van der Waals surface area contributed by atoms with Crippen molar-refractivity contribution in [3.8, 4) is 5.75 Å². The van der Waals surface area contributed by atoms with E-state index in [4.69, 9.17) is 14.2 Å². The van der Waals surface area contributed by atoms with Crippen LogP contribution in [0.25, 0.3) is 0 Å². The molecule has 134 valence electrons. The second-order valence-corrected chi connectivity index (χ2v) is 6.90. The van der Waals surface area contributed by atoms with Gasteiger partial charge in [-0.2, -0.15) is 0 Å². The summed E-state index contributed by atoms with van der Waals surface area (Å²) in [4.78, 5) is 12.2. The first kappa shape index (κ1) is 18.7. The van der Waals surface area contributed by atoms with E-state index >= 15 is 0 Å². The summed E-state index contributed by atoms with van der Waals surface area (Å²) in [6.45, 7) is 9.89. The van der Waals surface area contributed by atoms with Gasteiger partial charge in [-0.1, -0.05) is 25.1 Å². The first-order valence-electron chi connectivity index (χ1n) is 8.67. The van der Waals surface area contributed by atoms with Crippen molar-refractivity contribution in [3.63, 3.8) is 0 Å². The van der Waals surface area contributed by atoms with Crippen molar-refractivity contribution in [2.24, 2.45) is 5.92 Å². The molecule has 0 saturated carbocycles. The summed E-state index contributed by atoms with van der Waals surface area (Å²) in [6.07, 6.45) is 1.17. The number of ether oxygens (including phenoxy) is 3. The molecule has 0 spiro atoms. The van der Waals surface area contributed by atoms with E-state index in [1.165, 1.54) is 0 Å². The molecule has 0 radical (unpaired) electrons. The topological polar surface area (TPSA) is 56.8 Å². The van der Waals surface area contributed by atoms with Crippen molar-refractivity contribution in [1.29, 1.82) is 0 Å². The Balaban J connectivity index is 1.81. The minimum Gasteiger partial charge on any atom is -0.491 e. The highest BCUT2D eigenvalue weighted by molar-refractivity contribution is 5.79. The maximum atomic E-state index is 12.2. The first-order chi connectivity index (χ1) is 11.4. The van der Waals surface area contributed by atoms with Gasteiger partial charge in [-0.15, -0.1) is 0 Å². The smallest absolute Gasteiger partial charge is 0.224 e. The molecule has 1 aliphatic rings. The fraction of sp³-hybridized carbons (Fsp3) is 0.632. The van der Waals surface area contributed by atoms with E-state index < -0.39 is 5.79 Å². The van der Waals surface area contributed by atoms with Crippen molar-refractivity contribution in [2.45, 2.75) is 52.4 Å². The van der Waals surface area contributed by atoms with Crippen LogP contribution in [0.1, 0.15) is 39.7 Å². The molecule has 5 heteroatoms. The second-order valence-electron chi connectivity index (χ2n) is 6.90. The predicted molar refractivity (Wildman–Crippen MR) is 93.0 cm³/mol. The molecule has 0 bridgehead atoms. The lowest BCUT2D eigenvalue weighted by Crippen LogP contribution is -2.35. The van der Waals surface area contributed by atoms with Gasteiger partial charge in [0.2, 0.25) is 5.91 Å². The third-order valence-corrected chi connectivity index (χ3v) is 3.95. The normalized spacial score (nSPS) is 17.7. The van der Waals surface area contributed by atoms with Crippen LogP contribution >= 0.6 is 0 Å². The second kappa shape index (κ2) is 8.49. The highest BCUT2D eigenvalue weighted by Gasteiger charge is 2.32. The summed E-state index contributed by atoms with van der Waals surface area (Å²) >= 11 is 0. The van der Waals surface area contributed by atoms with Crippen molar-refractivity contribution in [3.05, 3.63) is 29.8 Å². The molecule has 5 nitrogen and oxygen atoms in total. The van der Waals surface area contributed by atoms with Gasteiger partial charge >= 0.3 is 0 Å². The zero-order valence-corrected chi connectivity index (χ0v) is 15.1. The molecule has 2 rings (SSSR count). The van der Waals surface area contributed by atoms with Gasteiger partial charge in [-0.25, -0.2) is 0 Å². The average Bonchev–Trinajstić information content (AvgIpc) is 2.93. The Morgan fingerprint density at radius 3 is 2.58 bits per heavy atom. The van der Waals surface area contributed by atoms with Gasteiger partial charge in [-0.05, 0) is 32.8 Å². The number of hydrogen-bond acceptors (Lipinski definition) is 4. The van der Waals surface area contributed by atoms with Gasteiger partial charge in [0, 0.05) is 18.5 Å². The summed E-state index contributed by atoms with van der Waals surface area (Å²) in [7, 11) is 0. The molecule has 1 amide bonds. The van der Waals surface area contributed by atoms with Crippen LogP contribution in [0.2, 0.25) is 0 Å². The van der Waals surface area contributed by atoms with Crippen molar-refractivity contribution in [2.75, 3.05) is 19.8 Å². The van der Waals surface area contributed by atoms with E-state index in [1.807, 2.05) is 45.0 Å². The van der Waals surface area contributed by atoms with Crippen LogP contribution in [-0.4, -0.2) is 37.6 Å². The Labute approximate surface area is 144 Å². The van der Waals surface area contributed by atoms with Gasteiger partial charge in [0.05, 0.1) is 25.7 Å². The quantitative estimate of drug-likeness (QED) is 0.793. The number of carbonyl (C=O) groups excluding carboxylic acids is 1. The molecule has 1 fully saturated rings. The van der Waals surface area contributed by atoms with Gasteiger partial charge in [0.1, 0.15) is 5.75 Å². The molecule has 1 aromatic carbocycles. The molecule has 0 aromatic heterocycles. The summed E-state index contributed by atoms with van der Waals surface area (Å²) in [5.74, 6) is 0.539. The molecule has 1 aliphatic heterocycles. The van der Waals surface area contributed by atoms with Gasteiger partial charge in [-0.3, -0.25) is 4.79 Å². The molecule has 1 aromatic rings. The van der Waals surface area contributed by atoms with Crippen molar-refractivity contribution in [1.82, 2.24) is 5.32 Å². The average molecular weight is 335 g/mol. The first-order valence-corrected chi connectivity index (χ1v) is 8.67. The number of nitrogens with one attached hydrogen (secondary N) is 1. The SMILES string of the molecule is CC(C)Oc1ccccc1CC(=O)NC[C@@H](C)CC1(C)OCCO1. The Morgan fingerprint density at radius 2 is 1.92 bits per heavy atom. The number of rotatable bonds is 8. The number of benzene rings is 1. The van der Waals surface area contributed by atoms with Crippen LogP contribution in [0.3, 0.4) is 0 Å². The Kier molecular flexibility index (Phi) is 6.63. The molecule has 1 saturated heterocycles. The van der Waals surface area contributed by atoms with E-state index in [-0.39, 0.29) is 17.9 Å². The standard InChI is InChI=1S/C19H29NO4/c1-14(2)24-17-8-6-5-7-16(17)11-18(21)20-13-15(3)12-19(4)22-9-10-23-19/h5-8,14-15H,9-13H2,1-4H3,(H,20,21)/t15-/m0/s1. The number of hydrogen-bond donors (Lipinski definition) is 1. The van der Waals surface area contributed by atoms with Crippen LogP contribution in [0.4, 0.5) is 0 Å². The maximum Gasteiger partial charge on any atom is 0.224 e. The molecular formula is C19H29NO4. The summed E-state index contributed by atoms with van der Waals surface area (Å²) in [6, 6.07) is 7.68. The Morgan fingerprint density at radius 1 is 1.25 bits per heavy atom. The predicted octanol–water partition coefficient (Wildman–Crippen LogP) is 2.92. The zero-order chi connectivity index (χ0) is 17.6. The molecule has 1 heterocycles. The van der Waals surface area contributed by atoms with Crippen molar-refractivity contribution < 1.29 is 19.0 Å². The Bertz CT molecular complexity index is 538. The minimum atomic E-state index is -0.512. The largest absolute Gasteiger partial charge is 0.491 e. The third-order valence-electron chi connectivity index (χ3n) is 3.95. The van der Waals surface area contributed by atoms with Gasteiger partial charge in [0.15, 0.2) is 5.79 Å². The van der Waals surface area contributed by atoms with E-state index in [0.717, 1.165) is 17.7 Å². The summed E-state index contributed by atoms with van der Waals surface area (Å²) in [5.41, 5.74) is 0.908. The van der Waals surface area contributed by atoms with Crippen LogP contribution < -0.4 is 10.1 Å². The van der Waals surface area contributed by atoms with Gasteiger partial charge in [0.25, 0.3) is 0 Å². The van der Waals surface area contributed by atoms with Crippen LogP contribution in [-0.2, 0) is 20.7 Å². The minimum absolute atomic E-state index is 0.0000628. The monoisotopic (exact) mass is 335 g/mol. The molecule has 0 aliphatic carbocycles. The lowest BCUT2D eigenvalue weighted by molar-refractivity contribution is -0.154. The molecule has 1 N–H and O–H groups in total. The number of para-hydroxylation sites is 1. The Hall–Kier alpha value is -1.59. The maximum absolute atomic E-state index is 12.2. The summed E-state index contributed by atoms with van der Waals surface area (Å²) < 4.78 is 17.0. The molecule has 1 atom stereocenters. The van der Waals surface area contributed by atoms with Crippen molar-refractivity contribution >= 4 is 5.91 Å². The third kappa shape index (κ3) is 5.80. The lowest BCUT2D eigenvalue weighted by atomic mass is 10.0. The molecule has 24 heavy (non-hydrogen) atoms. The van der Waals surface area contributed by atoms with Crippen LogP contribution in [0.5, 0.6) is 5.75 Å². The molecular weight excluding hydrogens is 306 g/mol. The number of amides is 1. The van der Waals surface area contributed by atoms with E-state index in [2.05, 4.69) is 12.2 Å². The highest BCUT2D eigenvalue weighted by atomic mass is 16.7. The highest BCUT2D eigenvalue weighted by Crippen LogP contribution is 2.26. The van der Waals surface area contributed by atoms with Gasteiger partial charge < -0.3 is 19.5 Å². The zero-order valence-electron chi connectivity index (χ0n) is 15.1. The lowest BCUT2D eigenvalue weighted by Gasteiger charge is -2.26. The summed E-state index contributed by atoms with van der Waals surface area (Å²) in [5, 5.41) is 3.00. The van der Waals surface area contributed by atoms with E-state index in [0.29, 0.717) is 26.2 Å². The van der Waals surface area contributed by atoms with Crippen LogP contribution in [0.15, 0.2) is 24.3 Å². The van der Waals surface area contributed by atoms with E-state index in [9.17, 15) is 4.79 Å². The molecule has 0 unspecified atom stereocenters.